The van der Waals surface area contributed by atoms with Gasteiger partial charge in [0.05, 0.1) is 11.0 Å². The fourth-order valence-corrected chi connectivity index (χ4v) is 4.64. The summed E-state index contributed by atoms with van der Waals surface area (Å²) in [5.74, 6) is -1.34. The number of hydrogen-bond donors (Lipinski definition) is 1. The van der Waals surface area contributed by atoms with E-state index in [-0.39, 0.29) is 24.2 Å². The minimum absolute atomic E-state index is 0.0745. The maximum atomic E-state index is 13.9. The maximum absolute atomic E-state index is 13.9. The van der Waals surface area contributed by atoms with Crippen molar-refractivity contribution < 1.29 is 32.2 Å². The van der Waals surface area contributed by atoms with E-state index in [1.54, 1.807) is 63.4 Å². The zero-order valence-corrected chi connectivity index (χ0v) is 22.1. The molecule has 0 aliphatic carbocycles. The van der Waals surface area contributed by atoms with Crippen LogP contribution in [0.15, 0.2) is 60.7 Å². The van der Waals surface area contributed by atoms with Crippen molar-refractivity contribution >= 4 is 28.5 Å². The van der Waals surface area contributed by atoms with Crippen molar-refractivity contribution in [3.8, 4) is 11.5 Å². The number of aromatic nitrogens is 2. The molecule has 0 spiro atoms. The highest BCUT2D eigenvalue weighted by molar-refractivity contribution is 5.99. The van der Waals surface area contributed by atoms with Gasteiger partial charge in [0.25, 0.3) is 0 Å². The van der Waals surface area contributed by atoms with Gasteiger partial charge in [-0.2, -0.15) is 13.2 Å². The molecule has 0 unspecified atom stereocenters. The predicted molar refractivity (Wildman–Crippen MR) is 142 cm³/mol. The first-order valence-corrected chi connectivity index (χ1v) is 12.6. The molecule has 0 radical (unpaired) electrons. The Kier molecular flexibility index (Phi) is 7.14. The lowest BCUT2D eigenvalue weighted by Crippen LogP contribution is -2.49. The van der Waals surface area contributed by atoms with E-state index in [4.69, 9.17) is 9.47 Å². The van der Waals surface area contributed by atoms with E-state index in [0.29, 0.717) is 17.2 Å². The summed E-state index contributed by atoms with van der Waals surface area (Å²) in [6.07, 6.45) is -4.64. The Morgan fingerprint density at radius 3 is 2.45 bits per heavy atom. The predicted octanol–water partition coefficient (Wildman–Crippen LogP) is 4.79. The standard InChI is InChI=1S/C29H27F3N4O4/c1-17-11-21-23(12-18(17)2)36(28(34-21)29(30,31)32)15-26(37)33-22(13-19-7-5-4-6-8-19)27(38)35(3)20-9-10-24-25(14-20)40-16-39-24/h4-12,14,22H,13,15-16H2,1-3H3,(H,33,37)/t22-/m0/s1. The number of aryl methyl sites for hydroxylation is 2. The molecular weight excluding hydrogens is 525 g/mol. The molecule has 0 bridgehead atoms. The monoisotopic (exact) mass is 552 g/mol. The van der Waals surface area contributed by atoms with Crippen LogP contribution in [0.25, 0.3) is 11.0 Å². The average Bonchev–Trinajstić information content (AvgIpc) is 3.52. The van der Waals surface area contributed by atoms with Gasteiger partial charge in [-0.05, 0) is 54.8 Å². The van der Waals surface area contributed by atoms with Gasteiger partial charge in [-0.25, -0.2) is 4.98 Å². The lowest BCUT2D eigenvalue weighted by molar-refractivity contribution is -0.147. The van der Waals surface area contributed by atoms with E-state index >= 15 is 0 Å². The summed E-state index contributed by atoms with van der Waals surface area (Å²) >= 11 is 0. The summed E-state index contributed by atoms with van der Waals surface area (Å²) in [5.41, 5.74) is 3.17. The molecule has 3 aromatic carbocycles. The van der Waals surface area contributed by atoms with Gasteiger partial charge >= 0.3 is 6.18 Å². The van der Waals surface area contributed by atoms with Crippen LogP contribution in [-0.4, -0.2) is 41.2 Å². The first kappa shape index (κ1) is 27.0. The second kappa shape index (κ2) is 10.6. The third kappa shape index (κ3) is 5.45. The number of alkyl halides is 3. The van der Waals surface area contributed by atoms with Crippen molar-refractivity contribution in [2.24, 2.45) is 0 Å². The van der Waals surface area contributed by atoms with Crippen LogP contribution in [0.2, 0.25) is 0 Å². The zero-order valence-electron chi connectivity index (χ0n) is 22.1. The first-order chi connectivity index (χ1) is 19.0. The number of anilines is 1. The van der Waals surface area contributed by atoms with Gasteiger partial charge in [-0.3, -0.25) is 9.59 Å². The Balaban J connectivity index is 1.43. The van der Waals surface area contributed by atoms with Gasteiger partial charge in [-0.1, -0.05) is 30.3 Å². The lowest BCUT2D eigenvalue weighted by atomic mass is 10.0. The first-order valence-electron chi connectivity index (χ1n) is 12.6. The normalized spacial score (nSPS) is 13.3. The number of rotatable bonds is 7. The Bertz CT molecular complexity index is 1580. The molecule has 4 aromatic rings. The number of nitrogens with one attached hydrogen (secondary N) is 1. The van der Waals surface area contributed by atoms with Crippen LogP contribution < -0.4 is 19.7 Å². The Morgan fingerprint density at radius 1 is 1.02 bits per heavy atom. The van der Waals surface area contributed by atoms with Crippen LogP contribution in [0, 0.1) is 13.8 Å². The molecule has 0 saturated carbocycles. The summed E-state index contributed by atoms with van der Waals surface area (Å²) in [7, 11) is 1.56. The third-order valence-electron chi connectivity index (χ3n) is 6.91. The summed E-state index contributed by atoms with van der Waals surface area (Å²) in [4.78, 5) is 32.1. The number of imidazole rings is 1. The highest BCUT2D eigenvalue weighted by Gasteiger charge is 2.38. The van der Waals surface area contributed by atoms with Gasteiger partial charge in [0, 0.05) is 25.2 Å². The number of halogens is 3. The number of carbonyl (C=O) groups excluding carboxylic acids is 2. The van der Waals surface area contributed by atoms with Gasteiger partial charge < -0.3 is 24.3 Å². The zero-order chi connectivity index (χ0) is 28.6. The molecule has 208 valence electrons. The second-order valence-electron chi connectivity index (χ2n) is 9.69. The molecule has 2 amide bonds. The Labute approximate surface area is 228 Å². The number of nitrogens with zero attached hydrogens (tertiary/aromatic N) is 3. The highest BCUT2D eigenvalue weighted by atomic mass is 19.4. The number of carbonyl (C=O) groups is 2. The maximum Gasteiger partial charge on any atom is 0.449 e. The number of ether oxygens (including phenoxy) is 2. The Morgan fingerprint density at radius 2 is 1.73 bits per heavy atom. The van der Waals surface area contributed by atoms with Crippen molar-refractivity contribution in [2.45, 2.75) is 39.0 Å². The van der Waals surface area contributed by atoms with Crippen LogP contribution in [0.1, 0.15) is 22.5 Å². The number of hydrogen-bond acceptors (Lipinski definition) is 5. The fourth-order valence-electron chi connectivity index (χ4n) is 4.64. The molecule has 1 atom stereocenters. The van der Waals surface area contributed by atoms with Gasteiger partial charge in [0.2, 0.25) is 24.4 Å². The van der Waals surface area contributed by atoms with E-state index in [2.05, 4.69) is 10.3 Å². The minimum Gasteiger partial charge on any atom is -0.454 e. The number of likely N-dealkylation sites (N-methyl/N-ethyl adjacent to an activating group) is 1. The minimum atomic E-state index is -4.78. The number of fused-ring (bicyclic) bond motifs is 2. The van der Waals surface area contributed by atoms with E-state index in [0.717, 1.165) is 21.3 Å². The van der Waals surface area contributed by atoms with E-state index < -0.39 is 36.4 Å². The fraction of sp³-hybridized carbons (Fsp3) is 0.276. The molecule has 0 saturated heterocycles. The van der Waals surface area contributed by atoms with Crippen molar-refractivity contribution in [1.82, 2.24) is 14.9 Å². The molecule has 8 nitrogen and oxygen atoms in total. The van der Waals surface area contributed by atoms with Crippen LogP contribution in [0.3, 0.4) is 0 Å². The molecule has 1 aliphatic heterocycles. The van der Waals surface area contributed by atoms with Crippen molar-refractivity contribution in [2.75, 3.05) is 18.7 Å². The molecule has 0 fully saturated rings. The molecular formula is C29H27F3N4O4. The van der Waals surface area contributed by atoms with Crippen molar-refractivity contribution in [3.05, 3.63) is 83.2 Å². The topological polar surface area (TPSA) is 85.7 Å². The molecule has 1 aromatic heterocycles. The van der Waals surface area contributed by atoms with E-state index in [9.17, 15) is 22.8 Å². The Hall–Kier alpha value is -4.54. The lowest BCUT2D eigenvalue weighted by Gasteiger charge is -2.25. The molecule has 2 heterocycles. The largest absolute Gasteiger partial charge is 0.454 e. The smallest absolute Gasteiger partial charge is 0.449 e. The molecule has 1 aliphatic rings. The second-order valence-corrected chi connectivity index (χ2v) is 9.69. The summed E-state index contributed by atoms with van der Waals surface area (Å²) < 4.78 is 53.3. The summed E-state index contributed by atoms with van der Waals surface area (Å²) in [5, 5.41) is 2.67. The number of benzene rings is 3. The molecule has 1 N–H and O–H groups in total. The molecule has 11 heteroatoms. The van der Waals surface area contributed by atoms with Crippen LogP contribution in [0.5, 0.6) is 11.5 Å². The SMILES string of the molecule is Cc1cc2nc(C(F)(F)F)n(CC(=O)N[C@@H](Cc3ccccc3)C(=O)N(C)c3ccc4c(c3)OCO4)c2cc1C. The van der Waals surface area contributed by atoms with Gasteiger partial charge in [0.15, 0.2) is 11.5 Å². The van der Waals surface area contributed by atoms with Crippen LogP contribution in [0.4, 0.5) is 18.9 Å². The van der Waals surface area contributed by atoms with E-state index in [1.807, 2.05) is 18.2 Å². The quantitative estimate of drug-likeness (QED) is 0.356. The molecule has 40 heavy (non-hydrogen) atoms. The summed E-state index contributed by atoms with van der Waals surface area (Å²) in [6.45, 7) is 2.97. The third-order valence-corrected chi connectivity index (χ3v) is 6.91. The highest BCUT2D eigenvalue weighted by Crippen LogP contribution is 2.35. The number of amides is 2. The molecule has 5 rings (SSSR count). The van der Waals surface area contributed by atoms with Crippen LogP contribution in [-0.2, 0) is 28.7 Å². The average molecular weight is 553 g/mol. The van der Waals surface area contributed by atoms with Crippen molar-refractivity contribution in [3.63, 3.8) is 0 Å². The van der Waals surface area contributed by atoms with Crippen molar-refractivity contribution in [1.29, 1.82) is 0 Å². The van der Waals surface area contributed by atoms with Gasteiger partial charge in [0.1, 0.15) is 12.6 Å². The van der Waals surface area contributed by atoms with Gasteiger partial charge in [-0.15, -0.1) is 0 Å². The van der Waals surface area contributed by atoms with E-state index in [1.165, 1.54) is 4.90 Å². The van der Waals surface area contributed by atoms with Crippen LogP contribution >= 0.6 is 0 Å². The summed E-state index contributed by atoms with van der Waals surface area (Å²) in [6, 6.07) is 16.2.